The van der Waals surface area contributed by atoms with Crippen LogP contribution in [0.4, 0.5) is 5.69 Å². The maximum atomic E-state index is 13.2. The molecular weight excluding hydrogens is 360 g/mol. The number of rotatable bonds is 9. The standard InChI is InChI=1S/C21H28N2O5/c1-6-7-11-22-18-13-16(23(25)26)8-9-17(18)19(27-12-10-14(2)3)20(21(22)24)28-15(4)5/h8-10,13,15H,6-7,11-12H2,1-5H3. The summed E-state index contributed by atoms with van der Waals surface area (Å²) in [6, 6.07) is 4.48. The van der Waals surface area contributed by atoms with Gasteiger partial charge in [0.05, 0.1) is 16.5 Å². The van der Waals surface area contributed by atoms with Gasteiger partial charge in [-0.25, -0.2) is 0 Å². The number of ether oxygens (including phenoxy) is 2. The highest BCUT2D eigenvalue weighted by molar-refractivity contribution is 5.89. The van der Waals surface area contributed by atoms with Crippen molar-refractivity contribution < 1.29 is 14.4 Å². The van der Waals surface area contributed by atoms with E-state index in [9.17, 15) is 14.9 Å². The number of fused-ring (bicyclic) bond motifs is 1. The van der Waals surface area contributed by atoms with Gasteiger partial charge >= 0.3 is 0 Å². The number of nitro benzene ring substituents is 1. The van der Waals surface area contributed by atoms with Gasteiger partial charge in [0.25, 0.3) is 11.2 Å². The lowest BCUT2D eigenvalue weighted by Crippen LogP contribution is -2.25. The van der Waals surface area contributed by atoms with Crippen molar-refractivity contribution in [2.75, 3.05) is 6.61 Å². The van der Waals surface area contributed by atoms with Crippen LogP contribution in [0.15, 0.2) is 34.6 Å². The molecule has 28 heavy (non-hydrogen) atoms. The number of pyridine rings is 1. The van der Waals surface area contributed by atoms with Gasteiger partial charge in [-0.05, 0) is 46.3 Å². The van der Waals surface area contributed by atoms with Crippen molar-refractivity contribution in [2.24, 2.45) is 0 Å². The van der Waals surface area contributed by atoms with E-state index < -0.39 is 4.92 Å². The minimum atomic E-state index is -0.462. The zero-order valence-corrected chi connectivity index (χ0v) is 17.2. The average Bonchev–Trinajstić information content (AvgIpc) is 2.62. The first kappa shape index (κ1) is 21.5. The normalized spacial score (nSPS) is 10.9. The van der Waals surface area contributed by atoms with Crippen molar-refractivity contribution in [3.63, 3.8) is 0 Å². The first-order chi connectivity index (χ1) is 13.3. The molecule has 0 aliphatic rings. The van der Waals surface area contributed by atoms with Crippen LogP contribution < -0.4 is 15.0 Å². The van der Waals surface area contributed by atoms with Gasteiger partial charge in [-0.1, -0.05) is 18.9 Å². The van der Waals surface area contributed by atoms with Gasteiger partial charge in [-0.15, -0.1) is 0 Å². The summed E-state index contributed by atoms with van der Waals surface area (Å²) in [5, 5.41) is 11.9. The molecule has 152 valence electrons. The van der Waals surface area contributed by atoms with Gasteiger partial charge < -0.3 is 14.0 Å². The summed E-state index contributed by atoms with van der Waals surface area (Å²) in [5.74, 6) is 0.475. The minimum absolute atomic E-state index is 0.0649. The zero-order valence-electron chi connectivity index (χ0n) is 17.2. The van der Waals surface area contributed by atoms with Crippen molar-refractivity contribution in [1.82, 2.24) is 4.57 Å². The second kappa shape index (κ2) is 9.39. The molecule has 0 radical (unpaired) electrons. The van der Waals surface area contributed by atoms with Crippen LogP contribution in [0, 0.1) is 10.1 Å². The summed E-state index contributed by atoms with van der Waals surface area (Å²) < 4.78 is 13.3. The number of allylic oxidation sites excluding steroid dienone is 1. The third-order valence-corrected chi connectivity index (χ3v) is 4.18. The SMILES string of the molecule is CCCCn1c(=O)c(OC(C)C)c(OCC=C(C)C)c2ccc([N+](=O)[O-])cc21. The van der Waals surface area contributed by atoms with Gasteiger partial charge in [-0.2, -0.15) is 0 Å². The fourth-order valence-electron chi connectivity index (χ4n) is 2.81. The highest BCUT2D eigenvalue weighted by atomic mass is 16.6. The van der Waals surface area contributed by atoms with E-state index in [1.54, 1.807) is 10.6 Å². The summed E-state index contributed by atoms with van der Waals surface area (Å²) in [6.07, 6.45) is 3.35. The number of aromatic nitrogens is 1. The van der Waals surface area contributed by atoms with Gasteiger partial charge in [0.1, 0.15) is 6.61 Å². The summed E-state index contributed by atoms with van der Waals surface area (Å²) in [5.41, 5.74) is 1.17. The monoisotopic (exact) mass is 388 g/mol. The number of aryl methyl sites for hydroxylation is 1. The summed E-state index contributed by atoms with van der Waals surface area (Å²) in [7, 11) is 0. The van der Waals surface area contributed by atoms with Crippen LogP contribution in [0.2, 0.25) is 0 Å². The number of unbranched alkanes of at least 4 members (excludes halogenated alkanes) is 1. The summed E-state index contributed by atoms with van der Waals surface area (Å²) >= 11 is 0. The Balaban J connectivity index is 2.79. The molecule has 1 aromatic heterocycles. The van der Waals surface area contributed by atoms with E-state index in [0.717, 1.165) is 18.4 Å². The molecule has 0 aliphatic carbocycles. The molecule has 0 N–H and O–H groups in total. The quantitative estimate of drug-likeness (QED) is 0.349. The van der Waals surface area contributed by atoms with Crippen LogP contribution in [-0.2, 0) is 6.54 Å². The van der Waals surface area contributed by atoms with Crippen molar-refractivity contribution >= 4 is 16.6 Å². The topological polar surface area (TPSA) is 83.6 Å². The van der Waals surface area contributed by atoms with Gasteiger partial charge in [0.15, 0.2) is 5.75 Å². The van der Waals surface area contributed by atoms with E-state index in [0.29, 0.717) is 23.2 Å². The number of non-ortho nitro benzene ring substituents is 1. The lowest BCUT2D eigenvalue weighted by Gasteiger charge is -2.19. The highest BCUT2D eigenvalue weighted by Gasteiger charge is 2.22. The zero-order chi connectivity index (χ0) is 20.8. The Morgan fingerprint density at radius 2 is 2.00 bits per heavy atom. The molecule has 7 heteroatoms. The third-order valence-electron chi connectivity index (χ3n) is 4.18. The molecule has 0 saturated heterocycles. The maximum Gasteiger partial charge on any atom is 0.297 e. The third kappa shape index (κ3) is 4.91. The molecule has 0 bridgehead atoms. The van der Waals surface area contributed by atoms with E-state index in [2.05, 4.69) is 0 Å². The van der Waals surface area contributed by atoms with Crippen LogP contribution in [0.25, 0.3) is 10.9 Å². The van der Waals surface area contributed by atoms with Gasteiger partial charge in [0.2, 0.25) is 5.75 Å². The Morgan fingerprint density at radius 3 is 2.57 bits per heavy atom. The smallest absolute Gasteiger partial charge is 0.297 e. The van der Waals surface area contributed by atoms with Gasteiger partial charge in [0, 0.05) is 24.1 Å². The van der Waals surface area contributed by atoms with E-state index in [1.165, 1.54) is 12.1 Å². The Kier molecular flexibility index (Phi) is 7.20. The van der Waals surface area contributed by atoms with E-state index >= 15 is 0 Å². The molecule has 0 atom stereocenters. The first-order valence-corrected chi connectivity index (χ1v) is 9.54. The average molecular weight is 388 g/mol. The minimum Gasteiger partial charge on any atom is -0.485 e. The molecular formula is C21H28N2O5. The Labute approximate surface area is 164 Å². The first-order valence-electron chi connectivity index (χ1n) is 9.54. The maximum absolute atomic E-state index is 13.2. The fraction of sp³-hybridized carbons (Fsp3) is 0.476. The van der Waals surface area contributed by atoms with Crippen LogP contribution in [0.1, 0.15) is 47.5 Å². The van der Waals surface area contributed by atoms with Crippen LogP contribution in [0.3, 0.4) is 0 Å². The number of hydrogen-bond donors (Lipinski definition) is 0. The second-order valence-corrected chi connectivity index (χ2v) is 7.19. The molecule has 1 aromatic carbocycles. The van der Waals surface area contributed by atoms with Crippen molar-refractivity contribution in [3.05, 3.63) is 50.3 Å². The van der Waals surface area contributed by atoms with Crippen LogP contribution in [0.5, 0.6) is 11.5 Å². The van der Waals surface area contributed by atoms with Crippen LogP contribution in [-0.4, -0.2) is 22.2 Å². The van der Waals surface area contributed by atoms with Crippen molar-refractivity contribution in [1.29, 1.82) is 0 Å². The lowest BCUT2D eigenvalue weighted by atomic mass is 10.1. The number of nitrogens with zero attached hydrogens (tertiary/aromatic N) is 2. The van der Waals surface area contributed by atoms with E-state index in [1.807, 2.05) is 40.7 Å². The number of nitro groups is 1. The second-order valence-electron chi connectivity index (χ2n) is 7.19. The van der Waals surface area contributed by atoms with Crippen LogP contribution >= 0.6 is 0 Å². The highest BCUT2D eigenvalue weighted by Crippen LogP contribution is 2.35. The molecule has 1 heterocycles. The molecule has 0 unspecified atom stereocenters. The molecule has 0 aliphatic heterocycles. The predicted octanol–water partition coefficient (Wildman–Crippen LogP) is 4.84. The number of benzene rings is 1. The van der Waals surface area contributed by atoms with Crippen molar-refractivity contribution in [2.45, 2.75) is 60.1 Å². The summed E-state index contributed by atoms with van der Waals surface area (Å²) in [4.78, 5) is 24.0. The molecule has 0 fully saturated rings. The lowest BCUT2D eigenvalue weighted by molar-refractivity contribution is -0.384. The Bertz CT molecular complexity index is 940. The van der Waals surface area contributed by atoms with E-state index in [-0.39, 0.29) is 29.7 Å². The van der Waals surface area contributed by atoms with E-state index in [4.69, 9.17) is 9.47 Å². The molecule has 0 spiro atoms. The number of hydrogen-bond acceptors (Lipinski definition) is 5. The predicted molar refractivity (Wildman–Crippen MR) is 110 cm³/mol. The largest absolute Gasteiger partial charge is 0.485 e. The Hall–Kier alpha value is -2.83. The molecule has 2 rings (SSSR count). The Morgan fingerprint density at radius 1 is 1.29 bits per heavy atom. The van der Waals surface area contributed by atoms with Gasteiger partial charge in [-0.3, -0.25) is 14.9 Å². The van der Waals surface area contributed by atoms with Crippen molar-refractivity contribution in [3.8, 4) is 11.5 Å². The molecule has 0 amide bonds. The fourth-order valence-corrected chi connectivity index (χ4v) is 2.81. The molecule has 7 nitrogen and oxygen atoms in total. The molecule has 0 saturated carbocycles. The summed E-state index contributed by atoms with van der Waals surface area (Å²) in [6.45, 7) is 10.4. The molecule has 2 aromatic rings.